The van der Waals surface area contributed by atoms with Gasteiger partial charge in [0, 0.05) is 25.7 Å². The van der Waals surface area contributed by atoms with Crippen LogP contribution in [0, 0.1) is 5.41 Å². The zero-order valence-electron chi connectivity index (χ0n) is 18.2. The van der Waals surface area contributed by atoms with E-state index in [1.54, 1.807) is 0 Å². The first-order valence-electron chi connectivity index (χ1n) is 10.5. The molecule has 0 spiro atoms. The largest absolute Gasteiger partial charge is 0.335 e. The first kappa shape index (κ1) is 23.2. The third-order valence-electron chi connectivity index (χ3n) is 6.48. The number of nitrogens with zero attached hydrogens (tertiary/aromatic N) is 2. The normalized spacial score (nSPS) is 25.4. The summed E-state index contributed by atoms with van der Waals surface area (Å²) in [5.41, 5.74) is 9.09. The molecule has 0 bridgehead atoms. The van der Waals surface area contributed by atoms with Crippen LogP contribution in [-0.4, -0.2) is 47.9 Å². The summed E-state index contributed by atoms with van der Waals surface area (Å²) in [7, 11) is 0. The van der Waals surface area contributed by atoms with Crippen molar-refractivity contribution >= 4 is 18.3 Å². The van der Waals surface area contributed by atoms with Crippen molar-refractivity contribution in [3.05, 3.63) is 35.4 Å². The van der Waals surface area contributed by atoms with Crippen LogP contribution in [0.2, 0.25) is 0 Å². The third kappa shape index (κ3) is 5.08. The van der Waals surface area contributed by atoms with E-state index in [9.17, 15) is 4.79 Å². The highest BCUT2D eigenvalue weighted by Crippen LogP contribution is 2.34. The fourth-order valence-corrected chi connectivity index (χ4v) is 4.52. The highest BCUT2D eigenvalue weighted by molar-refractivity contribution is 5.85. The Morgan fingerprint density at radius 3 is 2.36 bits per heavy atom. The number of piperidine rings is 1. The van der Waals surface area contributed by atoms with Gasteiger partial charge in [-0.2, -0.15) is 0 Å². The summed E-state index contributed by atoms with van der Waals surface area (Å²) >= 11 is 0. The summed E-state index contributed by atoms with van der Waals surface area (Å²) in [5, 5.41) is 0. The highest BCUT2D eigenvalue weighted by atomic mass is 35.5. The molecule has 2 atom stereocenters. The van der Waals surface area contributed by atoms with Crippen LogP contribution in [0.1, 0.15) is 71.0 Å². The van der Waals surface area contributed by atoms with Gasteiger partial charge < -0.3 is 10.6 Å². The maximum absolute atomic E-state index is 13.1. The molecule has 2 aliphatic heterocycles. The number of likely N-dealkylation sites (tertiary alicyclic amines) is 2. The lowest BCUT2D eigenvalue weighted by molar-refractivity contribution is -0.134. The SMILES string of the molecule is CC(C)(C)c1ccc(C2CCCN2C(=O)CN2CCC(N)C(C)(C)C2)cc1.Cl. The fraction of sp³-hybridized carbons (Fsp3) is 0.696. The summed E-state index contributed by atoms with van der Waals surface area (Å²) in [6.45, 7) is 14.4. The molecule has 2 saturated heterocycles. The minimum absolute atomic E-state index is 0. The zero-order chi connectivity index (χ0) is 19.8. The van der Waals surface area contributed by atoms with Gasteiger partial charge in [0.1, 0.15) is 0 Å². The molecule has 0 saturated carbocycles. The number of benzene rings is 1. The van der Waals surface area contributed by atoms with Crippen molar-refractivity contribution in [2.45, 2.75) is 71.4 Å². The predicted octanol–water partition coefficient (Wildman–Crippen LogP) is 4.13. The molecule has 28 heavy (non-hydrogen) atoms. The Morgan fingerprint density at radius 1 is 1.14 bits per heavy atom. The Hall–Kier alpha value is -1.10. The van der Waals surface area contributed by atoms with E-state index in [1.165, 1.54) is 11.1 Å². The van der Waals surface area contributed by atoms with E-state index in [0.717, 1.165) is 38.9 Å². The Morgan fingerprint density at radius 2 is 1.79 bits per heavy atom. The summed E-state index contributed by atoms with van der Waals surface area (Å²) in [4.78, 5) is 17.5. The smallest absolute Gasteiger partial charge is 0.237 e. The van der Waals surface area contributed by atoms with Crippen molar-refractivity contribution in [1.29, 1.82) is 0 Å². The molecule has 158 valence electrons. The van der Waals surface area contributed by atoms with Crippen LogP contribution in [0.3, 0.4) is 0 Å². The summed E-state index contributed by atoms with van der Waals surface area (Å²) in [5.74, 6) is 0.267. The van der Waals surface area contributed by atoms with Crippen molar-refractivity contribution in [1.82, 2.24) is 9.80 Å². The second-order valence-corrected chi connectivity index (χ2v) is 10.2. The lowest BCUT2D eigenvalue weighted by Gasteiger charge is -2.42. The van der Waals surface area contributed by atoms with Crippen LogP contribution in [0.5, 0.6) is 0 Å². The molecule has 0 aromatic heterocycles. The van der Waals surface area contributed by atoms with Crippen molar-refractivity contribution in [3.8, 4) is 0 Å². The van der Waals surface area contributed by atoms with Crippen LogP contribution in [0.25, 0.3) is 0 Å². The maximum atomic E-state index is 13.1. The Bertz CT molecular complexity index is 665. The van der Waals surface area contributed by atoms with E-state index in [4.69, 9.17) is 5.73 Å². The molecule has 0 radical (unpaired) electrons. The molecule has 5 heteroatoms. The second kappa shape index (κ2) is 8.73. The number of rotatable bonds is 3. The molecule has 4 nitrogen and oxygen atoms in total. The predicted molar refractivity (Wildman–Crippen MR) is 119 cm³/mol. The van der Waals surface area contributed by atoms with Crippen LogP contribution in [0.4, 0.5) is 0 Å². The second-order valence-electron chi connectivity index (χ2n) is 10.2. The first-order chi connectivity index (χ1) is 12.6. The Labute approximate surface area is 177 Å². The van der Waals surface area contributed by atoms with E-state index < -0.39 is 0 Å². The highest BCUT2D eigenvalue weighted by Gasteiger charge is 2.36. The van der Waals surface area contributed by atoms with Gasteiger partial charge in [0.05, 0.1) is 12.6 Å². The molecular formula is C23H38ClN3O. The van der Waals surface area contributed by atoms with Gasteiger partial charge in [0.2, 0.25) is 5.91 Å². The molecule has 1 aromatic carbocycles. The molecular weight excluding hydrogens is 370 g/mol. The van der Waals surface area contributed by atoms with Crippen LogP contribution in [0.15, 0.2) is 24.3 Å². The molecule has 2 unspecified atom stereocenters. The lowest BCUT2D eigenvalue weighted by Crippen LogP contribution is -2.54. The number of nitrogens with two attached hydrogens (primary N) is 1. The van der Waals surface area contributed by atoms with Gasteiger partial charge in [-0.25, -0.2) is 0 Å². The first-order valence-corrected chi connectivity index (χ1v) is 10.5. The van der Waals surface area contributed by atoms with Gasteiger partial charge in [-0.3, -0.25) is 9.69 Å². The van der Waals surface area contributed by atoms with Gasteiger partial charge in [-0.1, -0.05) is 58.9 Å². The standard InChI is InChI=1S/C23H37N3O.ClH/c1-22(2,3)18-10-8-17(9-11-18)19-7-6-13-26(19)21(27)15-25-14-12-20(24)23(4,5)16-25;/h8-11,19-20H,6-7,12-16,24H2,1-5H3;1H. The average Bonchev–Trinajstić information content (AvgIpc) is 3.07. The number of hydrogen-bond donors (Lipinski definition) is 1. The number of hydrogen-bond acceptors (Lipinski definition) is 3. The van der Waals surface area contributed by atoms with Crippen molar-refractivity contribution < 1.29 is 4.79 Å². The van der Waals surface area contributed by atoms with E-state index in [2.05, 4.69) is 68.7 Å². The van der Waals surface area contributed by atoms with Crippen LogP contribution < -0.4 is 5.73 Å². The van der Waals surface area contributed by atoms with Crippen molar-refractivity contribution in [3.63, 3.8) is 0 Å². The topological polar surface area (TPSA) is 49.6 Å². The molecule has 1 amide bonds. The summed E-state index contributed by atoms with van der Waals surface area (Å²) in [6, 6.07) is 9.35. The number of carbonyl (C=O) groups is 1. The van der Waals surface area contributed by atoms with Crippen molar-refractivity contribution in [2.24, 2.45) is 11.1 Å². The Kier molecular flexibility index (Phi) is 7.22. The van der Waals surface area contributed by atoms with Crippen LogP contribution in [-0.2, 0) is 10.2 Å². The fourth-order valence-electron chi connectivity index (χ4n) is 4.52. The number of halogens is 1. The number of carbonyl (C=O) groups excluding carboxylic acids is 1. The van der Waals surface area contributed by atoms with E-state index in [-0.39, 0.29) is 41.2 Å². The number of amides is 1. The van der Waals surface area contributed by atoms with E-state index >= 15 is 0 Å². The monoisotopic (exact) mass is 407 g/mol. The quantitative estimate of drug-likeness (QED) is 0.819. The molecule has 2 fully saturated rings. The van der Waals surface area contributed by atoms with Gasteiger partial charge >= 0.3 is 0 Å². The van der Waals surface area contributed by atoms with Gasteiger partial charge in [0.15, 0.2) is 0 Å². The van der Waals surface area contributed by atoms with E-state index in [1.807, 2.05) is 0 Å². The van der Waals surface area contributed by atoms with Gasteiger partial charge in [0.25, 0.3) is 0 Å². The molecule has 2 aliphatic rings. The maximum Gasteiger partial charge on any atom is 0.237 e. The molecule has 3 rings (SSSR count). The third-order valence-corrected chi connectivity index (χ3v) is 6.48. The summed E-state index contributed by atoms with van der Waals surface area (Å²) in [6.07, 6.45) is 3.13. The summed E-state index contributed by atoms with van der Waals surface area (Å²) < 4.78 is 0. The van der Waals surface area contributed by atoms with Crippen molar-refractivity contribution in [2.75, 3.05) is 26.2 Å². The van der Waals surface area contributed by atoms with Gasteiger partial charge in [-0.05, 0) is 41.2 Å². The van der Waals surface area contributed by atoms with Gasteiger partial charge in [-0.15, -0.1) is 12.4 Å². The lowest BCUT2D eigenvalue weighted by atomic mass is 9.80. The van der Waals surface area contributed by atoms with Crippen LogP contribution >= 0.6 is 12.4 Å². The molecule has 2 N–H and O–H groups in total. The van der Waals surface area contributed by atoms with E-state index in [0.29, 0.717) is 6.54 Å². The zero-order valence-corrected chi connectivity index (χ0v) is 19.0. The molecule has 0 aliphatic carbocycles. The molecule has 2 heterocycles. The minimum Gasteiger partial charge on any atom is -0.335 e. The Balaban J connectivity index is 0.00000280. The average molecular weight is 408 g/mol. The molecule has 1 aromatic rings. The minimum atomic E-state index is 0.